The molecule has 134 valence electrons. The number of aliphatic carboxylic acids is 1. The molecule has 0 atom stereocenters. The number of aromatic nitrogens is 1. The number of benzene rings is 2. The SMILES string of the molecule is O=C(O)CCNC(=O)Cn1ccc2ccc(OCc3ccccc3)cc21. The highest BCUT2D eigenvalue weighted by Gasteiger charge is 2.08. The molecule has 2 N–H and O–H groups in total. The minimum absolute atomic E-state index is 0.0877. The summed E-state index contributed by atoms with van der Waals surface area (Å²) in [7, 11) is 0. The zero-order valence-electron chi connectivity index (χ0n) is 14.2. The molecule has 0 bridgehead atoms. The zero-order valence-corrected chi connectivity index (χ0v) is 14.2. The molecule has 1 aromatic heterocycles. The third-order valence-electron chi connectivity index (χ3n) is 3.97. The van der Waals surface area contributed by atoms with E-state index in [-0.39, 0.29) is 25.4 Å². The van der Waals surface area contributed by atoms with Crippen molar-refractivity contribution >= 4 is 22.8 Å². The Morgan fingerprint density at radius 3 is 2.65 bits per heavy atom. The molecular weight excluding hydrogens is 332 g/mol. The number of carbonyl (C=O) groups excluding carboxylic acids is 1. The van der Waals surface area contributed by atoms with Crippen LogP contribution in [0, 0.1) is 0 Å². The molecule has 0 aliphatic carbocycles. The first-order valence-corrected chi connectivity index (χ1v) is 8.36. The fraction of sp³-hybridized carbons (Fsp3) is 0.200. The number of nitrogens with one attached hydrogen (secondary N) is 1. The van der Waals surface area contributed by atoms with Crippen LogP contribution < -0.4 is 10.1 Å². The average molecular weight is 352 g/mol. The first-order valence-electron chi connectivity index (χ1n) is 8.36. The monoisotopic (exact) mass is 352 g/mol. The topological polar surface area (TPSA) is 80.6 Å². The number of carboxylic acids is 1. The van der Waals surface area contributed by atoms with Gasteiger partial charge in [-0.3, -0.25) is 9.59 Å². The van der Waals surface area contributed by atoms with E-state index in [2.05, 4.69) is 5.32 Å². The third-order valence-corrected chi connectivity index (χ3v) is 3.97. The van der Waals surface area contributed by atoms with E-state index in [4.69, 9.17) is 9.84 Å². The highest BCUT2D eigenvalue weighted by atomic mass is 16.5. The van der Waals surface area contributed by atoms with Crippen LogP contribution >= 0.6 is 0 Å². The number of rotatable bonds is 8. The fourth-order valence-electron chi connectivity index (χ4n) is 2.65. The lowest BCUT2D eigenvalue weighted by molar-refractivity contribution is -0.136. The lowest BCUT2D eigenvalue weighted by Gasteiger charge is -2.09. The Kier molecular flexibility index (Phi) is 5.53. The maximum absolute atomic E-state index is 12.0. The Hall–Kier alpha value is -3.28. The molecule has 26 heavy (non-hydrogen) atoms. The van der Waals surface area contributed by atoms with E-state index in [9.17, 15) is 9.59 Å². The number of fused-ring (bicyclic) bond motifs is 1. The van der Waals surface area contributed by atoms with Crippen LogP contribution in [0.1, 0.15) is 12.0 Å². The van der Waals surface area contributed by atoms with Crippen molar-refractivity contribution in [3.63, 3.8) is 0 Å². The van der Waals surface area contributed by atoms with Crippen molar-refractivity contribution in [1.29, 1.82) is 0 Å². The molecule has 0 fully saturated rings. The van der Waals surface area contributed by atoms with E-state index >= 15 is 0 Å². The molecule has 0 radical (unpaired) electrons. The third kappa shape index (κ3) is 4.63. The number of carboxylic acid groups (broad SMARTS) is 1. The van der Waals surface area contributed by atoms with Crippen molar-refractivity contribution in [3.8, 4) is 5.75 Å². The van der Waals surface area contributed by atoms with Crippen LogP contribution in [-0.4, -0.2) is 28.1 Å². The van der Waals surface area contributed by atoms with Gasteiger partial charge in [-0.25, -0.2) is 0 Å². The minimum Gasteiger partial charge on any atom is -0.489 e. The fourth-order valence-corrected chi connectivity index (χ4v) is 2.65. The smallest absolute Gasteiger partial charge is 0.305 e. The van der Waals surface area contributed by atoms with E-state index in [0.717, 1.165) is 22.2 Å². The average Bonchev–Trinajstić information content (AvgIpc) is 3.02. The summed E-state index contributed by atoms with van der Waals surface area (Å²) >= 11 is 0. The lowest BCUT2D eigenvalue weighted by atomic mass is 10.2. The normalized spacial score (nSPS) is 10.6. The van der Waals surface area contributed by atoms with Crippen LogP contribution in [0.25, 0.3) is 10.9 Å². The van der Waals surface area contributed by atoms with Gasteiger partial charge < -0.3 is 19.7 Å². The second-order valence-electron chi connectivity index (χ2n) is 5.93. The first kappa shape index (κ1) is 17.5. The van der Waals surface area contributed by atoms with E-state index < -0.39 is 5.97 Å². The Morgan fingerprint density at radius 2 is 1.88 bits per heavy atom. The van der Waals surface area contributed by atoms with Gasteiger partial charge in [0.25, 0.3) is 0 Å². The van der Waals surface area contributed by atoms with Gasteiger partial charge in [0.15, 0.2) is 0 Å². The number of hydrogen-bond donors (Lipinski definition) is 2. The molecule has 0 aliphatic rings. The predicted molar refractivity (Wildman–Crippen MR) is 98.0 cm³/mol. The highest BCUT2D eigenvalue weighted by Crippen LogP contribution is 2.23. The van der Waals surface area contributed by atoms with Gasteiger partial charge in [0.1, 0.15) is 18.9 Å². The van der Waals surface area contributed by atoms with Crippen molar-refractivity contribution in [2.45, 2.75) is 19.6 Å². The molecule has 0 spiro atoms. The molecular formula is C20H20N2O4. The molecule has 0 saturated carbocycles. The molecule has 6 nitrogen and oxygen atoms in total. The Morgan fingerprint density at radius 1 is 1.08 bits per heavy atom. The van der Waals surface area contributed by atoms with Gasteiger partial charge in [-0.15, -0.1) is 0 Å². The van der Waals surface area contributed by atoms with Crippen LogP contribution in [0.15, 0.2) is 60.8 Å². The maximum atomic E-state index is 12.0. The molecule has 3 rings (SSSR count). The maximum Gasteiger partial charge on any atom is 0.305 e. The summed E-state index contributed by atoms with van der Waals surface area (Å²) in [6, 6.07) is 17.6. The summed E-state index contributed by atoms with van der Waals surface area (Å²) in [5.41, 5.74) is 1.98. The zero-order chi connectivity index (χ0) is 18.4. The number of carbonyl (C=O) groups is 2. The van der Waals surface area contributed by atoms with E-state index in [1.807, 2.05) is 65.4 Å². The number of hydrogen-bond acceptors (Lipinski definition) is 3. The standard InChI is InChI=1S/C20H20N2O4/c23-19(21-10-8-20(24)25)13-22-11-9-16-6-7-17(12-18(16)22)26-14-15-4-2-1-3-5-15/h1-7,9,11-12H,8,10,13-14H2,(H,21,23)(H,24,25). The van der Waals surface area contributed by atoms with Gasteiger partial charge in [-0.05, 0) is 29.1 Å². The number of nitrogens with zero attached hydrogens (tertiary/aromatic N) is 1. The summed E-state index contributed by atoms with van der Waals surface area (Å²) in [5.74, 6) is -0.427. The van der Waals surface area contributed by atoms with Gasteiger partial charge >= 0.3 is 5.97 Å². The summed E-state index contributed by atoms with van der Waals surface area (Å²) < 4.78 is 7.66. The summed E-state index contributed by atoms with van der Waals surface area (Å²) in [5, 5.41) is 12.2. The largest absolute Gasteiger partial charge is 0.489 e. The molecule has 1 heterocycles. The van der Waals surface area contributed by atoms with Gasteiger partial charge in [0.05, 0.1) is 11.9 Å². The summed E-state index contributed by atoms with van der Waals surface area (Å²) in [6.07, 6.45) is 1.75. The summed E-state index contributed by atoms with van der Waals surface area (Å²) in [4.78, 5) is 22.5. The van der Waals surface area contributed by atoms with Gasteiger partial charge in [-0.1, -0.05) is 30.3 Å². The Labute approximate surface area is 151 Å². The molecule has 0 aliphatic heterocycles. The van der Waals surface area contributed by atoms with Crippen molar-refractivity contribution in [2.24, 2.45) is 0 Å². The second-order valence-corrected chi connectivity index (χ2v) is 5.93. The van der Waals surface area contributed by atoms with Crippen LogP contribution in [-0.2, 0) is 22.7 Å². The van der Waals surface area contributed by atoms with Crippen LogP contribution in [0.5, 0.6) is 5.75 Å². The predicted octanol–water partition coefficient (Wildman–Crippen LogP) is 2.81. The van der Waals surface area contributed by atoms with Gasteiger partial charge in [0, 0.05) is 18.8 Å². The van der Waals surface area contributed by atoms with Crippen molar-refractivity contribution < 1.29 is 19.4 Å². The molecule has 1 amide bonds. The van der Waals surface area contributed by atoms with Crippen molar-refractivity contribution in [2.75, 3.05) is 6.54 Å². The number of ether oxygens (including phenoxy) is 1. The molecule has 0 unspecified atom stereocenters. The van der Waals surface area contributed by atoms with E-state index in [1.54, 1.807) is 0 Å². The van der Waals surface area contributed by atoms with E-state index in [0.29, 0.717) is 6.61 Å². The quantitative estimate of drug-likeness (QED) is 0.653. The molecule has 2 aromatic carbocycles. The minimum atomic E-state index is -0.933. The van der Waals surface area contributed by atoms with Crippen molar-refractivity contribution in [3.05, 3.63) is 66.4 Å². The lowest BCUT2D eigenvalue weighted by Crippen LogP contribution is -2.29. The van der Waals surface area contributed by atoms with Crippen molar-refractivity contribution in [1.82, 2.24) is 9.88 Å². The highest BCUT2D eigenvalue weighted by molar-refractivity contribution is 5.84. The van der Waals surface area contributed by atoms with Crippen LogP contribution in [0.3, 0.4) is 0 Å². The van der Waals surface area contributed by atoms with E-state index in [1.165, 1.54) is 0 Å². The summed E-state index contributed by atoms with van der Waals surface area (Å²) in [6.45, 7) is 0.729. The van der Waals surface area contributed by atoms with Crippen LogP contribution in [0.2, 0.25) is 0 Å². The number of amides is 1. The molecule has 6 heteroatoms. The van der Waals surface area contributed by atoms with Gasteiger partial charge in [-0.2, -0.15) is 0 Å². The first-order chi connectivity index (χ1) is 12.6. The van der Waals surface area contributed by atoms with Gasteiger partial charge in [0.2, 0.25) is 5.91 Å². The Balaban J connectivity index is 1.65. The molecule has 3 aromatic rings. The molecule has 0 saturated heterocycles. The van der Waals surface area contributed by atoms with Crippen LogP contribution in [0.4, 0.5) is 0 Å². The Bertz CT molecular complexity index is 903. The second kappa shape index (κ2) is 8.20.